The summed E-state index contributed by atoms with van der Waals surface area (Å²) in [6.07, 6.45) is 0. The minimum Gasteiger partial charge on any atom is -0.496 e. The van der Waals surface area contributed by atoms with E-state index in [4.69, 9.17) is 4.74 Å². The van der Waals surface area contributed by atoms with Crippen molar-refractivity contribution in [3.8, 4) is 5.75 Å². The Morgan fingerprint density at radius 3 is 2.52 bits per heavy atom. The Morgan fingerprint density at radius 1 is 1.16 bits per heavy atom. The molecule has 0 bridgehead atoms. The van der Waals surface area contributed by atoms with Crippen molar-refractivity contribution < 1.29 is 17.9 Å². The summed E-state index contributed by atoms with van der Waals surface area (Å²) in [6, 6.07) is 9.81. The Labute approximate surface area is 151 Å². The first-order valence-corrected chi connectivity index (χ1v) is 7.81. The molecule has 3 nitrogen and oxygen atoms in total. The molecule has 1 saturated heterocycles. The lowest BCUT2D eigenvalue weighted by Crippen LogP contribution is -2.45. The number of methoxy groups -OCH3 is 1. The summed E-state index contributed by atoms with van der Waals surface area (Å²) in [5.74, 6) is -2.98. The molecule has 0 radical (unpaired) electrons. The molecule has 1 N–H and O–H groups in total. The second-order valence-electron chi connectivity index (χ2n) is 5.81. The molecule has 0 aliphatic carbocycles. The third-order valence-electron chi connectivity index (χ3n) is 4.28. The second kappa shape index (κ2) is 8.56. The molecular weight excluding hydrogens is 353 g/mol. The van der Waals surface area contributed by atoms with E-state index in [1.807, 2.05) is 24.3 Å². The van der Waals surface area contributed by atoms with Crippen molar-refractivity contribution in [2.75, 3.05) is 26.7 Å². The molecule has 1 atom stereocenters. The molecule has 1 heterocycles. The Balaban J connectivity index is 0.00000225. The quantitative estimate of drug-likeness (QED) is 0.829. The molecule has 1 aliphatic rings. The summed E-state index contributed by atoms with van der Waals surface area (Å²) in [6.45, 7) is 2.52. The molecule has 1 fully saturated rings. The predicted octanol–water partition coefficient (Wildman–Crippen LogP) is 3.68. The summed E-state index contributed by atoms with van der Waals surface area (Å²) in [7, 11) is 1.62. The van der Waals surface area contributed by atoms with Gasteiger partial charge in [-0.1, -0.05) is 18.2 Å². The van der Waals surface area contributed by atoms with Gasteiger partial charge in [-0.15, -0.1) is 12.4 Å². The van der Waals surface area contributed by atoms with Gasteiger partial charge in [0.05, 0.1) is 13.2 Å². The van der Waals surface area contributed by atoms with Crippen molar-refractivity contribution in [3.05, 3.63) is 65.0 Å². The zero-order valence-electron chi connectivity index (χ0n) is 13.8. The Morgan fingerprint density at radius 2 is 1.84 bits per heavy atom. The molecule has 25 heavy (non-hydrogen) atoms. The second-order valence-corrected chi connectivity index (χ2v) is 5.81. The SMILES string of the molecule is COc1ccccc1C1CNCCN1Cc1cc(F)c(F)c(F)c1.Cl. The summed E-state index contributed by atoms with van der Waals surface area (Å²) < 4.78 is 45.5. The highest BCUT2D eigenvalue weighted by Gasteiger charge is 2.26. The molecule has 7 heteroatoms. The lowest BCUT2D eigenvalue weighted by atomic mass is 10.0. The minimum atomic E-state index is -1.43. The topological polar surface area (TPSA) is 24.5 Å². The van der Waals surface area contributed by atoms with E-state index in [9.17, 15) is 13.2 Å². The number of rotatable bonds is 4. The summed E-state index contributed by atoms with van der Waals surface area (Å²) in [5, 5.41) is 3.33. The van der Waals surface area contributed by atoms with Gasteiger partial charge < -0.3 is 10.1 Å². The molecular formula is C18H20ClF3N2O. The molecule has 3 rings (SSSR count). The van der Waals surface area contributed by atoms with E-state index in [2.05, 4.69) is 10.2 Å². The van der Waals surface area contributed by atoms with Crippen LogP contribution in [0.4, 0.5) is 13.2 Å². The van der Waals surface area contributed by atoms with Gasteiger partial charge in [-0.3, -0.25) is 4.90 Å². The number of ether oxygens (including phenoxy) is 1. The van der Waals surface area contributed by atoms with E-state index < -0.39 is 17.5 Å². The number of nitrogens with zero attached hydrogens (tertiary/aromatic N) is 1. The van der Waals surface area contributed by atoms with Crippen LogP contribution in [0.3, 0.4) is 0 Å². The van der Waals surface area contributed by atoms with Crippen molar-refractivity contribution >= 4 is 12.4 Å². The Hall–Kier alpha value is -1.76. The summed E-state index contributed by atoms with van der Waals surface area (Å²) >= 11 is 0. The molecule has 0 amide bonds. The Kier molecular flexibility index (Phi) is 6.70. The fourth-order valence-corrected chi connectivity index (χ4v) is 3.12. The number of piperazine rings is 1. The van der Waals surface area contributed by atoms with Crippen molar-refractivity contribution in [1.82, 2.24) is 10.2 Å². The van der Waals surface area contributed by atoms with Gasteiger partial charge in [-0.05, 0) is 23.8 Å². The molecule has 0 aromatic heterocycles. The fourth-order valence-electron chi connectivity index (χ4n) is 3.12. The van der Waals surface area contributed by atoms with Gasteiger partial charge in [0.25, 0.3) is 0 Å². The van der Waals surface area contributed by atoms with Crippen LogP contribution in [0.2, 0.25) is 0 Å². The zero-order valence-corrected chi connectivity index (χ0v) is 14.6. The van der Waals surface area contributed by atoms with Crippen molar-refractivity contribution in [2.45, 2.75) is 12.6 Å². The largest absolute Gasteiger partial charge is 0.496 e. The van der Waals surface area contributed by atoms with Crippen molar-refractivity contribution in [3.63, 3.8) is 0 Å². The molecule has 1 aliphatic heterocycles. The lowest BCUT2D eigenvalue weighted by molar-refractivity contribution is 0.150. The average molecular weight is 373 g/mol. The fraction of sp³-hybridized carbons (Fsp3) is 0.333. The van der Waals surface area contributed by atoms with Crippen LogP contribution >= 0.6 is 12.4 Å². The van der Waals surface area contributed by atoms with E-state index in [1.54, 1.807) is 7.11 Å². The van der Waals surface area contributed by atoms with Gasteiger partial charge in [-0.2, -0.15) is 0 Å². The van der Waals surface area contributed by atoms with Gasteiger partial charge >= 0.3 is 0 Å². The van der Waals surface area contributed by atoms with Gasteiger partial charge in [0.15, 0.2) is 17.5 Å². The third kappa shape index (κ3) is 4.26. The van der Waals surface area contributed by atoms with Crippen LogP contribution in [-0.4, -0.2) is 31.6 Å². The zero-order chi connectivity index (χ0) is 17.1. The monoisotopic (exact) mass is 372 g/mol. The maximum Gasteiger partial charge on any atom is 0.194 e. The predicted molar refractivity (Wildman–Crippen MR) is 92.6 cm³/mol. The molecule has 0 spiro atoms. The smallest absolute Gasteiger partial charge is 0.194 e. The van der Waals surface area contributed by atoms with E-state index in [1.165, 1.54) is 0 Å². The highest BCUT2D eigenvalue weighted by molar-refractivity contribution is 5.85. The van der Waals surface area contributed by atoms with E-state index in [0.29, 0.717) is 25.2 Å². The number of hydrogen-bond acceptors (Lipinski definition) is 3. The van der Waals surface area contributed by atoms with Gasteiger partial charge in [0.2, 0.25) is 0 Å². The minimum absolute atomic E-state index is 0. The maximum atomic E-state index is 13.5. The van der Waals surface area contributed by atoms with Gasteiger partial charge in [0.1, 0.15) is 5.75 Å². The Bertz CT molecular complexity index is 706. The number of hydrogen-bond donors (Lipinski definition) is 1. The van der Waals surface area contributed by atoms with Crippen LogP contribution in [0, 0.1) is 17.5 Å². The first kappa shape index (κ1) is 19.6. The lowest BCUT2D eigenvalue weighted by Gasteiger charge is -2.37. The van der Waals surface area contributed by atoms with Crippen LogP contribution in [0.25, 0.3) is 0 Å². The van der Waals surface area contributed by atoms with Crippen LogP contribution in [0.15, 0.2) is 36.4 Å². The van der Waals surface area contributed by atoms with Crippen molar-refractivity contribution in [1.29, 1.82) is 0 Å². The standard InChI is InChI=1S/C18H19F3N2O.ClH/c1-24-17-5-3-2-4-13(17)16-10-22-6-7-23(16)11-12-8-14(19)18(21)15(20)9-12;/h2-5,8-9,16,22H,6-7,10-11H2,1H3;1H. The molecule has 2 aromatic rings. The van der Waals surface area contributed by atoms with E-state index in [-0.39, 0.29) is 18.4 Å². The first-order chi connectivity index (χ1) is 11.6. The molecule has 2 aromatic carbocycles. The van der Waals surface area contributed by atoms with E-state index in [0.717, 1.165) is 30.0 Å². The highest BCUT2D eigenvalue weighted by atomic mass is 35.5. The molecule has 136 valence electrons. The molecule has 1 unspecified atom stereocenters. The third-order valence-corrected chi connectivity index (χ3v) is 4.28. The van der Waals surface area contributed by atoms with Gasteiger partial charge in [-0.25, -0.2) is 13.2 Å². The van der Waals surface area contributed by atoms with Crippen LogP contribution in [0.5, 0.6) is 5.75 Å². The summed E-state index contributed by atoms with van der Waals surface area (Å²) in [4.78, 5) is 2.11. The van der Waals surface area contributed by atoms with Gasteiger partial charge in [0, 0.05) is 31.7 Å². The normalized spacial score (nSPS) is 17.8. The number of benzene rings is 2. The maximum absolute atomic E-state index is 13.5. The van der Waals surface area contributed by atoms with Crippen LogP contribution < -0.4 is 10.1 Å². The average Bonchev–Trinajstić information content (AvgIpc) is 2.60. The highest BCUT2D eigenvalue weighted by Crippen LogP contribution is 2.31. The van der Waals surface area contributed by atoms with E-state index >= 15 is 0 Å². The first-order valence-electron chi connectivity index (χ1n) is 7.81. The number of nitrogens with one attached hydrogen (secondary N) is 1. The van der Waals surface area contributed by atoms with Crippen LogP contribution in [0.1, 0.15) is 17.2 Å². The molecule has 0 saturated carbocycles. The number of para-hydroxylation sites is 1. The summed E-state index contributed by atoms with van der Waals surface area (Å²) in [5.41, 5.74) is 1.42. The number of halogens is 4. The van der Waals surface area contributed by atoms with Crippen LogP contribution in [-0.2, 0) is 6.54 Å². The van der Waals surface area contributed by atoms with Crippen molar-refractivity contribution in [2.24, 2.45) is 0 Å².